The smallest absolute Gasteiger partial charge is 0.321 e. The normalized spacial score (nSPS) is 17.8. The minimum atomic E-state index is -0.0587. The number of carbonyl (C=O) groups is 2. The van der Waals surface area contributed by atoms with Crippen LogP contribution in [-0.2, 0) is 17.9 Å². The van der Waals surface area contributed by atoms with Crippen molar-refractivity contribution in [2.75, 3.05) is 38.0 Å². The Balaban J connectivity index is 1.23. The highest BCUT2D eigenvalue weighted by molar-refractivity contribution is 7.09. The fourth-order valence-electron chi connectivity index (χ4n) is 3.81. The number of aromatic nitrogens is 1. The first-order valence-electron chi connectivity index (χ1n) is 10.1. The molecule has 4 rings (SSSR count). The second-order valence-corrected chi connectivity index (χ2v) is 8.73. The number of piperazine rings is 1. The van der Waals surface area contributed by atoms with Gasteiger partial charge in [-0.1, -0.05) is 12.1 Å². The Labute approximate surface area is 175 Å². The number of carbonyl (C=O) groups excluding carboxylic acids is 2. The van der Waals surface area contributed by atoms with E-state index in [9.17, 15) is 9.59 Å². The molecule has 1 aromatic heterocycles. The zero-order valence-corrected chi connectivity index (χ0v) is 17.6. The topological polar surface area (TPSA) is 68.8 Å². The highest BCUT2D eigenvalue weighted by Crippen LogP contribution is 2.17. The van der Waals surface area contributed by atoms with E-state index >= 15 is 0 Å². The molecule has 0 radical (unpaired) electrons. The number of anilines is 1. The van der Waals surface area contributed by atoms with Crippen LogP contribution in [0, 0.1) is 6.92 Å². The number of aryl methyl sites for hydroxylation is 1. The number of thiazole rings is 1. The molecule has 7 nitrogen and oxygen atoms in total. The minimum absolute atomic E-state index is 0.0587. The van der Waals surface area contributed by atoms with Crippen LogP contribution in [0.5, 0.6) is 0 Å². The van der Waals surface area contributed by atoms with Gasteiger partial charge in [-0.3, -0.25) is 9.69 Å². The quantitative estimate of drug-likeness (QED) is 0.818. The van der Waals surface area contributed by atoms with Gasteiger partial charge in [0.2, 0.25) is 5.91 Å². The molecule has 2 aliphatic heterocycles. The number of benzene rings is 1. The number of likely N-dealkylation sites (tertiary alicyclic amines) is 1. The minimum Gasteiger partial charge on any atom is -0.338 e. The molecule has 1 aromatic carbocycles. The number of rotatable bonds is 5. The summed E-state index contributed by atoms with van der Waals surface area (Å²) in [6.45, 7) is 7.49. The van der Waals surface area contributed by atoms with E-state index in [1.165, 1.54) is 0 Å². The van der Waals surface area contributed by atoms with Gasteiger partial charge in [0, 0.05) is 63.3 Å². The van der Waals surface area contributed by atoms with E-state index in [0.29, 0.717) is 26.1 Å². The molecule has 2 aromatic rings. The average Bonchev–Trinajstić information content (AvgIpc) is 3.32. The first-order valence-corrected chi connectivity index (χ1v) is 11.0. The molecule has 0 unspecified atom stereocenters. The van der Waals surface area contributed by atoms with Gasteiger partial charge in [-0.15, -0.1) is 11.3 Å². The third kappa shape index (κ3) is 5.13. The lowest BCUT2D eigenvalue weighted by Crippen LogP contribution is -2.49. The van der Waals surface area contributed by atoms with Crippen molar-refractivity contribution < 1.29 is 9.59 Å². The van der Waals surface area contributed by atoms with Gasteiger partial charge in [-0.2, -0.15) is 0 Å². The van der Waals surface area contributed by atoms with Crippen molar-refractivity contribution >= 4 is 29.0 Å². The van der Waals surface area contributed by atoms with E-state index < -0.39 is 0 Å². The lowest BCUT2D eigenvalue weighted by Gasteiger charge is -2.34. The van der Waals surface area contributed by atoms with Crippen LogP contribution in [0.3, 0.4) is 0 Å². The maximum atomic E-state index is 12.6. The lowest BCUT2D eigenvalue weighted by atomic mass is 10.2. The summed E-state index contributed by atoms with van der Waals surface area (Å²) in [7, 11) is 0. The summed E-state index contributed by atoms with van der Waals surface area (Å²) >= 11 is 1.68. The van der Waals surface area contributed by atoms with Crippen LogP contribution >= 0.6 is 11.3 Å². The molecule has 154 valence electrons. The first-order chi connectivity index (χ1) is 14.1. The zero-order valence-electron chi connectivity index (χ0n) is 16.8. The van der Waals surface area contributed by atoms with Gasteiger partial charge >= 0.3 is 6.03 Å². The highest BCUT2D eigenvalue weighted by atomic mass is 32.1. The molecular weight excluding hydrogens is 386 g/mol. The largest absolute Gasteiger partial charge is 0.338 e. The summed E-state index contributed by atoms with van der Waals surface area (Å²) in [6.07, 6.45) is 1.61. The summed E-state index contributed by atoms with van der Waals surface area (Å²) in [5.41, 5.74) is 2.98. The van der Waals surface area contributed by atoms with E-state index in [4.69, 9.17) is 0 Å². The van der Waals surface area contributed by atoms with Crippen molar-refractivity contribution in [1.29, 1.82) is 0 Å². The van der Waals surface area contributed by atoms with Crippen molar-refractivity contribution in [3.8, 4) is 0 Å². The number of hydrogen-bond donors (Lipinski definition) is 1. The Morgan fingerprint density at radius 3 is 2.48 bits per heavy atom. The molecule has 2 fully saturated rings. The van der Waals surface area contributed by atoms with Crippen molar-refractivity contribution in [2.24, 2.45) is 0 Å². The van der Waals surface area contributed by atoms with Gasteiger partial charge in [0.05, 0.1) is 10.7 Å². The second-order valence-electron chi connectivity index (χ2n) is 7.67. The van der Waals surface area contributed by atoms with Gasteiger partial charge in [-0.05, 0) is 31.0 Å². The predicted molar refractivity (Wildman–Crippen MR) is 114 cm³/mol. The maximum Gasteiger partial charge on any atom is 0.321 e. The Bertz CT molecular complexity index is 858. The summed E-state index contributed by atoms with van der Waals surface area (Å²) in [4.78, 5) is 34.9. The molecule has 0 bridgehead atoms. The van der Waals surface area contributed by atoms with Crippen molar-refractivity contribution in [3.63, 3.8) is 0 Å². The summed E-state index contributed by atoms with van der Waals surface area (Å²) < 4.78 is 0. The van der Waals surface area contributed by atoms with Gasteiger partial charge in [0.25, 0.3) is 0 Å². The monoisotopic (exact) mass is 413 g/mol. The SMILES string of the molecule is Cc1nc(CN2CCN(C(=O)Nc3ccc(CN4CCCC4=O)cc3)CC2)cs1. The maximum absolute atomic E-state index is 12.6. The van der Waals surface area contributed by atoms with Crippen LogP contribution in [0.1, 0.15) is 29.1 Å². The molecular formula is C21H27N5O2S. The molecule has 1 N–H and O–H groups in total. The molecule has 2 saturated heterocycles. The Morgan fingerprint density at radius 1 is 1.10 bits per heavy atom. The van der Waals surface area contributed by atoms with Crippen molar-refractivity contribution in [1.82, 2.24) is 19.7 Å². The Kier molecular flexibility index (Phi) is 6.10. The second kappa shape index (κ2) is 8.92. The third-order valence-electron chi connectivity index (χ3n) is 5.46. The lowest BCUT2D eigenvalue weighted by molar-refractivity contribution is -0.128. The van der Waals surface area contributed by atoms with E-state index in [1.54, 1.807) is 11.3 Å². The van der Waals surface area contributed by atoms with Gasteiger partial charge in [-0.25, -0.2) is 9.78 Å². The highest BCUT2D eigenvalue weighted by Gasteiger charge is 2.22. The number of hydrogen-bond acceptors (Lipinski definition) is 5. The van der Waals surface area contributed by atoms with Gasteiger partial charge in [0.15, 0.2) is 0 Å². The van der Waals surface area contributed by atoms with E-state index in [0.717, 1.165) is 54.6 Å². The third-order valence-corrected chi connectivity index (χ3v) is 6.28. The summed E-state index contributed by atoms with van der Waals surface area (Å²) in [6, 6.07) is 7.73. The fraction of sp³-hybridized carbons (Fsp3) is 0.476. The number of nitrogens with zero attached hydrogens (tertiary/aromatic N) is 4. The van der Waals surface area contributed by atoms with Gasteiger partial charge in [0.1, 0.15) is 0 Å². The Hall–Kier alpha value is -2.45. The molecule has 0 saturated carbocycles. The predicted octanol–water partition coefficient (Wildman–Crippen LogP) is 2.92. The molecule has 0 aliphatic carbocycles. The molecule has 8 heteroatoms. The number of nitrogens with one attached hydrogen (secondary N) is 1. The van der Waals surface area contributed by atoms with Crippen LogP contribution in [-0.4, -0.2) is 64.3 Å². The van der Waals surface area contributed by atoms with Crippen LogP contribution in [0.15, 0.2) is 29.6 Å². The summed E-state index contributed by atoms with van der Waals surface area (Å²) in [5.74, 6) is 0.228. The van der Waals surface area contributed by atoms with Gasteiger partial charge < -0.3 is 15.1 Å². The van der Waals surface area contributed by atoms with E-state index in [2.05, 4.69) is 20.6 Å². The van der Waals surface area contributed by atoms with Crippen molar-refractivity contribution in [3.05, 3.63) is 45.9 Å². The van der Waals surface area contributed by atoms with Crippen molar-refractivity contribution in [2.45, 2.75) is 32.9 Å². The van der Waals surface area contributed by atoms with E-state index in [1.807, 2.05) is 41.0 Å². The Morgan fingerprint density at radius 2 is 1.86 bits per heavy atom. The van der Waals surface area contributed by atoms with E-state index in [-0.39, 0.29) is 11.9 Å². The fourth-order valence-corrected chi connectivity index (χ4v) is 4.41. The standard InChI is InChI=1S/C21H27N5O2S/c1-16-22-19(15-29-16)14-24-9-11-25(12-10-24)21(28)23-18-6-4-17(5-7-18)13-26-8-2-3-20(26)27/h4-7,15H,2-3,8-14H2,1H3,(H,23,28). The first kappa shape index (κ1) is 19.8. The molecule has 3 amide bonds. The number of urea groups is 1. The molecule has 0 atom stereocenters. The summed E-state index contributed by atoms with van der Waals surface area (Å²) in [5, 5.41) is 6.19. The molecule has 3 heterocycles. The van der Waals surface area contributed by atoms with Crippen LogP contribution in [0.25, 0.3) is 0 Å². The molecule has 2 aliphatic rings. The van der Waals surface area contributed by atoms with Crippen LogP contribution in [0.4, 0.5) is 10.5 Å². The zero-order chi connectivity index (χ0) is 20.2. The molecule has 29 heavy (non-hydrogen) atoms. The van der Waals surface area contributed by atoms with Crippen LogP contribution < -0.4 is 5.32 Å². The van der Waals surface area contributed by atoms with Crippen LogP contribution in [0.2, 0.25) is 0 Å². The molecule has 0 spiro atoms. The average molecular weight is 414 g/mol. The number of amides is 3.